The van der Waals surface area contributed by atoms with E-state index < -0.39 is 0 Å². The lowest BCUT2D eigenvalue weighted by Crippen LogP contribution is -2.22. The van der Waals surface area contributed by atoms with Gasteiger partial charge in [-0.05, 0) is 42.1 Å². The Morgan fingerprint density at radius 1 is 1.13 bits per heavy atom. The second-order valence-electron chi connectivity index (χ2n) is 4.19. The second kappa shape index (κ2) is 17.2. The lowest BCUT2D eigenvalue weighted by atomic mass is 10.0. The summed E-state index contributed by atoms with van der Waals surface area (Å²) in [6.45, 7) is 14.5. The van der Waals surface area contributed by atoms with Crippen molar-refractivity contribution in [2.24, 2.45) is 11.1 Å². The van der Waals surface area contributed by atoms with Gasteiger partial charge in [-0.1, -0.05) is 53.1 Å². The molecule has 0 aliphatic carbocycles. The van der Waals surface area contributed by atoms with Gasteiger partial charge >= 0.3 is 0 Å². The van der Waals surface area contributed by atoms with E-state index in [1.54, 1.807) is 18.2 Å². The smallest absolute Gasteiger partial charge is 0.132 e. The first kappa shape index (κ1) is 24.1. The van der Waals surface area contributed by atoms with Crippen LogP contribution < -0.4 is 5.32 Å². The van der Waals surface area contributed by atoms with Gasteiger partial charge in [0.25, 0.3) is 0 Å². The normalized spacial score (nSPS) is 13.2. The van der Waals surface area contributed by atoms with E-state index in [0.717, 1.165) is 38.3 Å². The van der Waals surface area contributed by atoms with Crippen molar-refractivity contribution in [3.63, 3.8) is 0 Å². The summed E-state index contributed by atoms with van der Waals surface area (Å²) in [6, 6.07) is 5.11. The number of ether oxygens (including phenoxy) is 1. The van der Waals surface area contributed by atoms with Crippen molar-refractivity contribution in [3.8, 4) is 0 Å². The number of nitroso groups, excluding NO2 is 1. The van der Waals surface area contributed by atoms with Crippen LogP contribution in [-0.4, -0.2) is 19.8 Å². The molecule has 2 rings (SSSR count). The molecule has 0 aromatic heterocycles. The average molecular weight is 345 g/mol. The summed E-state index contributed by atoms with van der Waals surface area (Å²) in [6.07, 6.45) is 2.12. The molecule has 1 aliphatic rings. The highest BCUT2D eigenvalue weighted by atomic mass is 35.5. The molecule has 0 saturated carbocycles. The number of benzene rings is 1. The summed E-state index contributed by atoms with van der Waals surface area (Å²) in [5.74, 6) is 0.596. The largest absolute Gasteiger partial charge is 0.383 e. The van der Waals surface area contributed by atoms with Gasteiger partial charge in [0.1, 0.15) is 5.69 Å². The Morgan fingerprint density at radius 3 is 2.22 bits per heavy atom. The highest BCUT2D eigenvalue weighted by molar-refractivity contribution is 6.31. The first-order valence-corrected chi connectivity index (χ1v) is 9.12. The SMILES string of the molecule is CC.CC.CC.O=Nc1cc(Cl)ccc1NCC1CCOCC1. The van der Waals surface area contributed by atoms with Gasteiger partial charge in [-0.2, -0.15) is 0 Å². The lowest BCUT2D eigenvalue weighted by molar-refractivity contribution is 0.0699. The predicted molar refractivity (Wildman–Crippen MR) is 103 cm³/mol. The number of nitrogens with zero attached hydrogens (tertiary/aromatic N) is 1. The van der Waals surface area contributed by atoms with Crippen LogP contribution in [0.5, 0.6) is 0 Å². The quantitative estimate of drug-likeness (QED) is 0.621. The minimum atomic E-state index is 0.365. The molecule has 134 valence electrons. The van der Waals surface area contributed by atoms with Crippen LogP contribution in [0.3, 0.4) is 0 Å². The van der Waals surface area contributed by atoms with E-state index in [2.05, 4.69) is 10.5 Å². The molecule has 1 aliphatic heterocycles. The van der Waals surface area contributed by atoms with Crippen molar-refractivity contribution in [2.45, 2.75) is 54.4 Å². The van der Waals surface area contributed by atoms with Gasteiger partial charge in [0.15, 0.2) is 0 Å². The highest BCUT2D eigenvalue weighted by Gasteiger charge is 2.14. The van der Waals surface area contributed by atoms with Crippen molar-refractivity contribution < 1.29 is 4.74 Å². The Kier molecular flexibility index (Phi) is 18.1. The Balaban J connectivity index is 0. The van der Waals surface area contributed by atoms with Crippen molar-refractivity contribution in [1.29, 1.82) is 0 Å². The molecule has 1 heterocycles. The zero-order valence-corrected chi connectivity index (χ0v) is 16.2. The summed E-state index contributed by atoms with van der Waals surface area (Å²) < 4.78 is 5.30. The van der Waals surface area contributed by atoms with Gasteiger partial charge in [0.2, 0.25) is 0 Å². The molecular weight excluding hydrogens is 312 g/mol. The molecule has 0 atom stereocenters. The molecule has 23 heavy (non-hydrogen) atoms. The maximum absolute atomic E-state index is 10.7. The molecular formula is C18H33ClN2O2. The van der Waals surface area contributed by atoms with Gasteiger partial charge in [-0.3, -0.25) is 0 Å². The van der Waals surface area contributed by atoms with E-state index >= 15 is 0 Å². The fraction of sp³-hybridized carbons (Fsp3) is 0.667. The molecule has 1 aromatic carbocycles. The van der Waals surface area contributed by atoms with Crippen LogP contribution in [0.4, 0.5) is 11.4 Å². The van der Waals surface area contributed by atoms with Crippen molar-refractivity contribution in [1.82, 2.24) is 0 Å². The molecule has 5 heteroatoms. The maximum atomic E-state index is 10.7. The summed E-state index contributed by atoms with van der Waals surface area (Å²) in [5, 5.41) is 6.75. The summed E-state index contributed by atoms with van der Waals surface area (Å²) in [4.78, 5) is 10.7. The van der Waals surface area contributed by atoms with Crippen LogP contribution in [0, 0.1) is 10.8 Å². The third-order valence-corrected chi connectivity index (χ3v) is 3.22. The van der Waals surface area contributed by atoms with Gasteiger partial charge in [-0.15, -0.1) is 4.91 Å². The lowest BCUT2D eigenvalue weighted by Gasteiger charge is -2.22. The average Bonchev–Trinajstić information content (AvgIpc) is 2.66. The molecule has 1 N–H and O–H groups in total. The van der Waals surface area contributed by atoms with Gasteiger partial charge in [0, 0.05) is 24.8 Å². The van der Waals surface area contributed by atoms with Crippen molar-refractivity contribution in [2.75, 3.05) is 25.1 Å². The van der Waals surface area contributed by atoms with E-state index in [-0.39, 0.29) is 0 Å². The Bertz CT molecular complexity index is 395. The fourth-order valence-electron chi connectivity index (χ4n) is 1.93. The van der Waals surface area contributed by atoms with E-state index in [1.807, 2.05) is 41.5 Å². The maximum Gasteiger partial charge on any atom is 0.132 e. The van der Waals surface area contributed by atoms with Gasteiger partial charge < -0.3 is 10.1 Å². The van der Waals surface area contributed by atoms with Gasteiger partial charge in [0.05, 0.1) is 5.69 Å². The third kappa shape index (κ3) is 10.3. The number of nitrogens with one attached hydrogen (secondary N) is 1. The van der Waals surface area contributed by atoms with E-state index in [4.69, 9.17) is 16.3 Å². The molecule has 1 fully saturated rings. The minimum Gasteiger partial charge on any atom is -0.383 e. The van der Waals surface area contributed by atoms with Gasteiger partial charge in [-0.25, -0.2) is 0 Å². The van der Waals surface area contributed by atoms with Crippen LogP contribution in [0.25, 0.3) is 0 Å². The monoisotopic (exact) mass is 344 g/mol. The summed E-state index contributed by atoms with van der Waals surface area (Å²) >= 11 is 5.80. The molecule has 0 unspecified atom stereocenters. The fourth-order valence-corrected chi connectivity index (χ4v) is 2.10. The number of hydrogen-bond acceptors (Lipinski definition) is 4. The van der Waals surface area contributed by atoms with Crippen LogP contribution in [-0.2, 0) is 4.74 Å². The second-order valence-corrected chi connectivity index (χ2v) is 4.63. The van der Waals surface area contributed by atoms with Crippen LogP contribution in [0.1, 0.15) is 54.4 Å². The number of hydrogen-bond donors (Lipinski definition) is 1. The molecule has 0 bridgehead atoms. The molecule has 0 amide bonds. The number of rotatable bonds is 4. The van der Waals surface area contributed by atoms with Crippen LogP contribution >= 0.6 is 11.6 Å². The zero-order valence-electron chi connectivity index (χ0n) is 15.5. The van der Waals surface area contributed by atoms with Crippen LogP contribution in [0.2, 0.25) is 5.02 Å². The van der Waals surface area contributed by atoms with Crippen molar-refractivity contribution in [3.05, 3.63) is 28.1 Å². The van der Waals surface area contributed by atoms with E-state index in [1.165, 1.54) is 0 Å². The molecule has 1 saturated heterocycles. The number of anilines is 1. The van der Waals surface area contributed by atoms with E-state index in [0.29, 0.717) is 16.6 Å². The Morgan fingerprint density at radius 2 is 1.70 bits per heavy atom. The van der Waals surface area contributed by atoms with Crippen LogP contribution in [0.15, 0.2) is 23.4 Å². The standard InChI is InChI=1S/C12H15ClN2O2.3C2H6/c13-10-1-2-11(12(7-10)15-16)14-8-9-3-5-17-6-4-9;3*1-2/h1-2,7,9,14H,3-6,8H2;3*1-2H3. The Hall–Kier alpha value is -1.13. The molecule has 0 spiro atoms. The molecule has 0 radical (unpaired) electrons. The Labute approximate surface area is 146 Å². The predicted octanol–water partition coefficient (Wildman–Crippen LogP) is 6.66. The molecule has 1 aromatic rings. The summed E-state index contributed by atoms with van der Waals surface area (Å²) in [5.41, 5.74) is 1.11. The first-order valence-electron chi connectivity index (χ1n) is 8.74. The highest BCUT2D eigenvalue weighted by Crippen LogP contribution is 2.28. The van der Waals surface area contributed by atoms with E-state index in [9.17, 15) is 4.91 Å². The van der Waals surface area contributed by atoms with Crippen molar-refractivity contribution >= 4 is 23.0 Å². The molecule has 4 nitrogen and oxygen atoms in total. The topological polar surface area (TPSA) is 50.7 Å². The third-order valence-electron chi connectivity index (χ3n) is 2.98. The summed E-state index contributed by atoms with van der Waals surface area (Å²) in [7, 11) is 0. The zero-order chi connectivity index (χ0) is 18.1. The minimum absolute atomic E-state index is 0.365. The number of halogens is 1. The first-order chi connectivity index (χ1) is 11.3.